The van der Waals surface area contributed by atoms with Gasteiger partial charge >= 0.3 is 5.97 Å². The Kier molecular flexibility index (Phi) is 6.58. The maximum absolute atomic E-state index is 12.0. The number of aromatic nitrogens is 2. The molecule has 4 rings (SSSR count). The maximum atomic E-state index is 12.0. The van der Waals surface area contributed by atoms with Crippen molar-refractivity contribution in [3.8, 4) is 0 Å². The van der Waals surface area contributed by atoms with E-state index in [2.05, 4.69) is 80.0 Å². The fourth-order valence-electron chi connectivity index (χ4n) is 4.09. The Morgan fingerprint density at radius 1 is 1.26 bits per heavy atom. The lowest BCUT2D eigenvalue weighted by atomic mass is 9.99. The van der Waals surface area contributed by atoms with Gasteiger partial charge in [-0.15, -0.1) is 0 Å². The number of hydrogen-bond acceptors (Lipinski definition) is 3. The average Bonchev–Trinajstić information content (AvgIpc) is 3.53. The number of carboxylic acid groups (broad SMARTS) is 1. The largest absolute Gasteiger partial charge is 0.478 e. The molecule has 34 heavy (non-hydrogen) atoms. The van der Waals surface area contributed by atoms with Gasteiger partial charge in [0.15, 0.2) is 8.32 Å². The van der Waals surface area contributed by atoms with E-state index in [1.165, 1.54) is 0 Å². The third kappa shape index (κ3) is 5.18. The van der Waals surface area contributed by atoms with E-state index < -0.39 is 14.3 Å². The molecule has 2 aromatic heterocycles. The summed E-state index contributed by atoms with van der Waals surface area (Å²) in [5, 5.41) is 11.1. The molecule has 1 saturated carbocycles. The van der Waals surface area contributed by atoms with Gasteiger partial charge in [-0.1, -0.05) is 32.9 Å². The summed E-state index contributed by atoms with van der Waals surface area (Å²) >= 11 is 0. The van der Waals surface area contributed by atoms with Gasteiger partial charge in [-0.25, -0.2) is 4.79 Å². The first-order valence-corrected chi connectivity index (χ1v) is 15.0. The summed E-state index contributed by atoms with van der Waals surface area (Å²) in [6.07, 6.45) is 10.9. The summed E-state index contributed by atoms with van der Waals surface area (Å²) in [6, 6.07) is 8.21. The van der Waals surface area contributed by atoms with Crippen molar-refractivity contribution in [2.45, 2.75) is 64.1 Å². The van der Waals surface area contributed by atoms with Crippen LogP contribution in [0.25, 0.3) is 17.0 Å². The quantitative estimate of drug-likeness (QED) is 0.364. The Hall–Kier alpha value is -2.70. The Bertz CT molecular complexity index is 1250. The zero-order chi connectivity index (χ0) is 24.7. The van der Waals surface area contributed by atoms with E-state index in [0.29, 0.717) is 30.2 Å². The third-order valence-electron chi connectivity index (χ3n) is 7.35. The molecule has 6 heteroatoms. The van der Waals surface area contributed by atoms with Crippen LogP contribution >= 0.6 is 0 Å². The molecule has 1 N–H and O–H groups in total. The van der Waals surface area contributed by atoms with E-state index in [1.54, 1.807) is 0 Å². The summed E-state index contributed by atoms with van der Waals surface area (Å²) in [5.74, 6) is -0.431. The highest BCUT2D eigenvalue weighted by Crippen LogP contribution is 2.40. The molecule has 1 fully saturated rings. The molecule has 0 amide bonds. The topological polar surface area (TPSA) is 64.4 Å². The van der Waals surface area contributed by atoms with Gasteiger partial charge in [-0.2, -0.15) is 0 Å². The van der Waals surface area contributed by atoms with Crippen molar-refractivity contribution in [3.05, 3.63) is 70.7 Å². The second-order valence-electron chi connectivity index (χ2n) is 11.0. The fraction of sp³-hybridized carbons (Fsp3) is 0.429. The van der Waals surface area contributed by atoms with E-state index in [4.69, 9.17) is 4.43 Å². The molecular formula is C28H36N2O3Si. The highest BCUT2D eigenvalue weighted by molar-refractivity contribution is 6.74. The van der Waals surface area contributed by atoms with Crippen molar-refractivity contribution < 1.29 is 14.3 Å². The number of pyridine rings is 1. The smallest absolute Gasteiger partial charge is 0.337 e. The third-order valence-corrected chi connectivity index (χ3v) is 11.8. The number of aryl methyl sites for hydroxylation is 1. The molecule has 180 valence electrons. The van der Waals surface area contributed by atoms with E-state index in [0.717, 1.165) is 40.4 Å². The molecule has 0 spiro atoms. The minimum Gasteiger partial charge on any atom is -0.478 e. The number of benzene rings is 1. The van der Waals surface area contributed by atoms with Gasteiger partial charge < -0.3 is 14.1 Å². The first-order chi connectivity index (χ1) is 16.0. The Morgan fingerprint density at radius 3 is 2.65 bits per heavy atom. The molecule has 5 nitrogen and oxygen atoms in total. The van der Waals surface area contributed by atoms with Crippen molar-refractivity contribution in [1.82, 2.24) is 9.55 Å². The zero-order valence-corrected chi connectivity index (χ0v) is 22.2. The molecule has 1 aliphatic carbocycles. The summed E-state index contributed by atoms with van der Waals surface area (Å²) in [4.78, 5) is 16.5. The number of carboxylic acids is 1. The lowest BCUT2D eigenvalue weighted by Crippen LogP contribution is -2.40. The maximum Gasteiger partial charge on any atom is 0.337 e. The lowest BCUT2D eigenvalue weighted by molar-refractivity contribution is 0.0695. The Morgan fingerprint density at radius 2 is 2.00 bits per heavy atom. The van der Waals surface area contributed by atoms with Crippen LogP contribution in [0.4, 0.5) is 0 Å². The predicted octanol–water partition coefficient (Wildman–Crippen LogP) is 6.77. The van der Waals surface area contributed by atoms with Crippen molar-refractivity contribution in [1.29, 1.82) is 0 Å². The molecule has 1 aliphatic rings. The van der Waals surface area contributed by atoms with Crippen molar-refractivity contribution in [2.75, 3.05) is 6.61 Å². The first kappa shape index (κ1) is 24.4. The highest BCUT2D eigenvalue weighted by atomic mass is 28.4. The summed E-state index contributed by atoms with van der Waals surface area (Å²) in [7, 11) is 0.245. The molecule has 0 aliphatic heterocycles. The van der Waals surface area contributed by atoms with E-state index >= 15 is 0 Å². The van der Waals surface area contributed by atoms with Crippen molar-refractivity contribution in [2.24, 2.45) is 7.05 Å². The van der Waals surface area contributed by atoms with Crippen LogP contribution < -0.4 is 0 Å². The van der Waals surface area contributed by atoms with Crippen LogP contribution in [0.1, 0.15) is 72.3 Å². The number of fused-ring (bicyclic) bond motifs is 1. The molecule has 0 bridgehead atoms. The van der Waals surface area contributed by atoms with Crippen LogP contribution in [0, 0.1) is 0 Å². The first-order valence-electron chi connectivity index (χ1n) is 12.1. The monoisotopic (exact) mass is 476 g/mol. The molecular weight excluding hydrogens is 440 g/mol. The van der Waals surface area contributed by atoms with Crippen molar-refractivity contribution in [3.63, 3.8) is 0 Å². The summed E-state index contributed by atoms with van der Waals surface area (Å²) in [6.45, 7) is 11.8. The van der Waals surface area contributed by atoms with Crippen molar-refractivity contribution >= 4 is 31.3 Å². The number of hydrogen-bond donors (Lipinski definition) is 1. The second kappa shape index (κ2) is 9.15. The van der Waals surface area contributed by atoms with Crippen LogP contribution in [-0.2, 0) is 17.9 Å². The van der Waals surface area contributed by atoms with Gasteiger partial charge in [0.25, 0.3) is 0 Å². The van der Waals surface area contributed by atoms with E-state index in [-0.39, 0.29) is 5.04 Å². The lowest BCUT2D eigenvalue weighted by Gasteiger charge is -2.35. The number of aromatic carboxylic acids is 1. The minimum absolute atomic E-state index is 0.177. The molecule has 2 heterocycles. The Labute approximate surface area is 203 Å². The molecule has 0 radical (unpaired) electrons. The second-order valence-corrected chi connectivity index (χ2v) is 15.9. The minimum atomic E-state index is -1.80. The number of carbonyl (C=O) groups is 1. The standard InChI is InChI=1S/C28H36N2O3Si/c1-28(2,3)34(5,6)33-13-7-8-21-14-19(15-22-11-12-30(4)26(21)22)16-25-24(27(31)32)17-23(18-29-25)20-9-10-20/h7-8,11-12,14-15,17-18,20H,9-10,13,16H2,1-6H3,(H,31,32)/b8-7+. The van der Waals surface area contributed by atoms with Gasteiger partial charge in [0.1, 0.15) is 0 Å². The molecule has 0 atom stereocenters. The predicted molar refractivity (Wildman–Crippen MR) is 141 cm³/mol. The van der Waals surface area contributed by atoms with E-state index in [1.807, 2.05) is 19.3 Å². The molecule has 0 unspecified atom stereocenters. The molecule has 0 saturated heterocycles. The number of rotatable bonds is 8. The van der Waals surface area contributed by atoms with Gasteiger partial charge in [0.05, 0.1) is 23.4 Å². The fourth-order valence-corrected chi connectivity index (χ4v) is 5.04. The summed E-state index contributed by atoms with van der Waals surface area (Å²) < 4.78 is 8.44. The van der Waals surface area contributed by atoms with Gasteiger partial charge in [0, 0.05) is 31.2 Å². The normalized spacial score (nSPS) is 14.9. The zero-order valence-electron chi connectivity index (χ0n) is 21.2. The van der Waals surface area contributed by atoms with Crippen LogP contribution in [-0.4, -0.2) is 35.6 Å². The average molecular weight is 477 g/mol. The molecule has 1 aromatic carbocycles. The van der Waals surface area contributed by atoms with Gasteiger partial charge in [-0.3, -0.25) is 4.98 Å². The van der Waals surface area contributed by atoms with Gasteiger partial charge in [-0.05, 0) is 77.8 Å². The number of nitrogens with zero attached hydrogens (tertiary/aromatic N) is 2. The molecule has 3 aromatic rings. The van der Waals surface area contributed by atoms with Gasteiger partial charge in [0.2, 0.25) is 0 Å². The highest BCUT2D eigenvalue weighted by Gasteiger charge is 2.36. The van der Waals surface area contributed by atoms with Crippen LogP contribution in [0.15, 0.2) is 42.7 Å². The van der Waals surface area contributed by atoms with Crippen LogP contribution in [0.3, 0.4) is 0 Å². The SMILES string of the molecule is Cn1ccc2cc(Cc3ncc(C4CC4)cc3C(=O)O)cc(/C=C/CO[Si](C)(C)C(C)(C)C)c21. The Balaban J connectivity index is 1.61. The van der Waals surface area contributed by atoms with Crippen LogP contribution in [0.5, 0.6) is 0 Å². The summed E-state index contributed by atoms with van der Waals surface area (Å²) in [5.41, 5.74) is 5.29. The van der Waals surface area contributed by atoms with E-state index in [9.17, 15) is 9.90 Å². The van der Waals surface area contributed by atoms with Crippen LogP contribution in [0.2, 0.25) is 18.1 Å².